The third kappa shape index (κ3) is 2.64. The molecule has 0 N–H and O–H groups in total. The van der Waals surface area contributed by atoms with Crippen molar-refractivity contribution in [1.29, 1.82) is 0 Å². The van der Waals surface area contributed by atoms with E-state index in [0.29, 0.717) is 17.8 Å². The standard InChI is InChI=1S/C15H18F3NO/c1-19-11-4-5-12(19)9-14(8-11)20-13-6-2-10(3-7-13)15(16,17)18/h2-3,6-7,11-12,14H,4-5,8-9H2,1H3. The number of halogens is 3. The average molecular weight is 285 g/mol. The molecule has 0 radical (unpaired) electrons. The number of rotatable bonds is 2. The normalized spacial score (nSPS) is 30.5. The van der Waals surface area contributed by atoms with E-state index in [0.717, 1.165) is 25.0 Å². The zero-order valence-electron chi connectivity index (χ0n) is 11.4. The Morgan fingerprint density at radius 1 is 1.05 bits per heavy atom. The first-order chi connectivity index (χ1) is 9.43. The molecule has 2 aliphatic heterocycles. The number of hydrogen-bond acceptors (Lipinski definition) is 2. The van der Waals surface area contributed by atoms with Crippen LogP contribution in [0.4, 0.5) is 13.2 Å². The molecular formula is C15H18F3NO. The molecule has 0 aliphatic carbocycles. The molecule has 2 nitrogen and oxygen atoms in total. The SMILES string of the molecule is CN1C2CCC1CC(Oc1ccc(C(F)(F)F)cc1)C2. The molecule has 0 spiro atoms. The molecule has 3 rings (SSSR count). The van der Waals surface area contributed by atoms with Crippen LogP contribution in [0.2, 0.25) is 0 Å². The van der Waals surface area contributed by atoms with Crippen molar-refractivity contribution in [3.8, 4) is 5.75 Å². The van der Waals surface area contributed by atoms with Crippen molar-refractivity contribution in [2.45, 2.75) is 50.0 Å². The highest BCUT2D eigenvalue weighted by Crippen LogP contribution is 2.36. The maximum atomic E-state index is 12.5. The molecule has 2 heterocycles. The van der Waals surface area contributed by atoms with Crippen molar-refractivity contribution in [2.75, 3.05) is 7.05 Å². The van der Waals surface area contributed by atoms with Crippen LogP contribution in [0.25, 0.3) is 0 Å². The van der Waals surface area contributed by atoms with Crippen LogP contribution in [0.3, 0.4) is 0 Å². The molecule has 20 heavy (non-hydrogen) atoms. The Kier molecular flexibility index (Phi) is 3.40. The number of benzene rings is 1. The van der Waals surface area contributed by atoms with Gasteiger partial charge in [-0.05, 0) is 57.0 Å². The largest absolute Gasteiger partial charge is 0.490 e. The smallest absolute Gasteiger partial charge is 0.416 e. The summed E-state index contributed by atoms with van der Waals surface area (Å²) in [4.78, 5) is 2.41. The fourth-order valence-electron chi connectivity index (χ4n) is 3.37. The lowest BCUT2D eigenvalue weighted by atomic mass is 10.0. The molecular weight excluding hydrogens is 267 g/mol. The summed E-state index contributed by atoms with van der Waals surface area (Å²) in [6.45, 7) is 0. The predicted octanol–water partition coefficient (Wildman–Crippen LogP) is 3.71. The second kappa shape index (κ2) is 4.95. The average Bonchev–Trinajstić information content (AvgIpc) is 2.62. The van der Waals surface area contributed by atoms with E-state index in [2.05, 4.69) is 11.9 Å². The maximum Gasteiger partial charge on any atom is 0.416 e. The van der Waals surface area contributed by atoms with Crippen LogP contribution in [0, 0.1) is 0 Å². The fraction of sp³-hybridized carbons (Fsp3) is 0.600. The van der Waals surface area contributed by atoms with E-state index in [1.165, 1.54) is 25.0 Å². The van der Waals surface area contributed by atoms with Crippen molar-refractivity contribution >= 4 is 0 Å². The quantitative estimate of drug-likeness (QED) is 0.821. The lowest BCUT2D eigenvalue weighted by Gasteiger charge is -2.36. The lowest BCUT2D eigenvalue weighted by Crippen LogP contribution is -2.43. The van der Waals surface area contributed by atoms with E-state index in [1.54, 1.807) is 0 Å². The van der Waals surface area contributed by atoms with Crippen LogP contribution < -0.4 is 4.74 Å². The minimum atomic E-state index is -4.29. The second-order valence-corrected chi connectivity index (χ2v) is 5.78. The Morgan fingerprint density at radius 2 is 1.60 bits per heavy atom. The highest BCUT2D eigenvalue weighted by atomic mass is 19.4. The Morgan fingerprint density at radius 3 is 2.10 bits per heavy atom. The summed E-state index contributed by atoms with van der Waals surface area (Å²) in [6, 6.07) is 6.13. The molecule has 5 heteroatoms. The molecule has 2 saturated heterocycles. The summed E-state index contributed by atoms with van der Waals surface area (Å²) in [5.74, 6) is 0.534. The third-order valence-electron chi connectivity index (χ3n) is 4.54. The van der Waals surface area contributed by atoms with Gasteiger partial charge in [0.1, 0.15) is 11.9 Å². The van der Waals surface area contributed by atoms with Gasteiger partial charge in [0.25, 0.3) is 0 Å². The monoisotopic (exact) mass is 285 g/mol. The Hall–Kier alpha value is -1.23. The number of ether oxygens (including phenoxy) is 1. The van der Waals surface area contributed by atoms with Gasteiger partial charge in [-0.2, -0.15) is 13.2 Å². The van der Waals surface area contributed by atoms with Gasteiger partial charge in [0.05, 0.1) is 5.56 Å². The first-order valence-corrected chi connectivity index (χ1v) is 6.99. The molecule has 2 fully saturated rings. The van der Waals surface area contributed by atoms with E-state index < -0.39 is 11.7 Å². The summed E-state index contributed by atoms with van der Waals surface area (Å²) in [5, 5.41) is 0. The number of alkyl halides is 3. The lowest BCUT2D eigenvalue weighted by molar-refractivity contribution is -0.137. The molecule has 0 aromatic heterocycles. The van der Waals surface area contributed by atoms with Gasteiger partial charge in [0.2, 0.25) is 0 Å². The van der Waals surface area contributed by atoms with Crippen LogP contribution >= 0.6 is 0 Å². The van der Waals surface area contributed by atoms with Gasteiger partial charge in [0, 0.05) is 12.1 Å². The Labute approximate surface area is 116 Å². The van der Waals surface area contributed by atoms with Crippen molar-refractivity contribution in [3.63, 3.8) is 0 Å². The zero-order chi connectivity index (χ0) is 14.3. The number of nitrogens with zero attached hydrogens (tertiary/aromatic N) is 1. The molecule has 2 aliphatic rings. The van der Waals surface area contributed by atoms with Gasteiger partial charge < -0.3 is 9.64 Å². The van der Waals surface area contributed by atoms with Crippen molar-refractivity contribution in [3.05, 3.63) is 29.8 Å². The summed E-state index contributed by atoms with van der Waals surface area (Å²) in [6.07, 6.45) is 0.176. The summed E-state index contributed by atoms with van der Waals surface area (Å²) >= 11 is 0. The first kappa shape index (κ1) is 13.7. The van der Waals surface area contributed by atoms with Gasteiger partial charge in [-0.25, -0.2) is 0 Å². The first-order valence-electron chi connectivity index (χ1n) is 6.99. The van der Waals surface area contributed by atoms with Crippen molar-refractivity contribution < 1.29 is 17.9 Å². The third-order valence-corrected chi connectivity index (χ3v) is 4.54. The molecule has 0 saturated carbocycles. The Balaban J connectivity index is 1.64. The number of fused-ring (bicyclic) bond motifs is 2. The molecule has 2 unspecified atom stereocenters. The minimum absolute atomic E-state index is 0.125. The molecule has 1 aromatic carbocycles. The highest BCUT2D eigenvalue weighted by Gasteiger charge is 2.39. The maximum absolute atomic E-state index is 12.5. The van der Waals surface area contributed by atoms with Gasteiger partial charge in [0.15, 0.2) is 0 Å². The van der Waals surface area contributed by atoms with Gasteiger partial charge in [-0.1, -0.05) is 0 Å². The van der Waals surface area contributed by atoms with E-state index in [-0.39, 0.29) is 6.10 Å². The van der Waals surface area contributed by atoms with Gasteiger partial charge in [-0.3, -0.25) is 0 Å². The molecule has 1 aromatic rings. The van der Waals surface area contributed by atoms with Gasteiger partial charge in [-0.15, -0.1) is 0 Å². The Bertz CT molecular complexity index is 457. The number of hydrogen-bond donors (Lipinski definition) is 0. The van der Waals surface area contributed by atoms with Crippen LogP contribution in [0.1, 0.15) is 31.2 Å². The topological polar surface area (TPSA) is 12.5 Å². The summed E-state index contributed by atoms with van der Waals surface area (Å²) in [5.41, 5.74) is -0.631. The van der Waals surface area contributed by atoms with Crippen LogP contribution in [0.15, 0.2) is 24.3 Å². The summed E-state index contributed by atoms with van der Waals surface area (Å²) in [7, 11) is 2.15. The molecule has 2 bridgehead atoms. The van der Waals surface area contributed by atoms with E-state index in [9.17, 15) is 13.2 Å². The molecule has 0 amide bonds. The zero-order valence-corrected chi connectivity index (χ0v) is 11.4. The number of piperidine rings is 1. The predicted molar refractivity (Wildman–Crippen MR) is 69.7 cm³/mol. The fourth-order valence-corrected chi connectivity index (χ4v) is 3.37. The van der Waals surface area contributed by atoms with Crippen LogP contribution in [-0.4, -0.2) is 30.1 Å². The molecule has 2 atom stereocenters. The van der Waals surface area contributed by atoms with Crippen molar-refractivity contribution in [2.24, 2.45) is 0 Å². The summed E-state index contributed by atoms with van der Waals surface area (Å²) < 4.78 is 43.3. The highest BCUT2D eigenvalue weighted by molar-refractivity contribution is 5.29. The van der Waals surface area contributed by atoms with E-state index >= 15 is 0 Å². The molecule has 110 valence electrons. The van der Waals surface area contributed by atoms with E-state index in [4.69, 9.17) is 4.74 Å². The minimum Gasteiger partial charge on any atom is -0.490 e. The van der Waals surface area contributed by atoms with Gasteiger partial charge >= 0.3 is 6.18 Å². The van der Waals surface area contributed by atoms with Crippen LogP contribution in [0.5, 0.6) is 5.75 Å². The van der Waals surface area contributed by atoms with E-state index in [1.807, 2.05) is 0 Å². The van der Waals surface area contributed by atoms with Crippen molar-refractivity contribution in [1.82, 2.24) is 4.90 Å². The van der Waals surface area contributed by atoms with Crippen LogP contribution in [-0.2, 0) is 6.18 Å². The second-order valence-electron chi connectivity index (χ2n) is 5.78.